The van der Waals surface area contributed by atoms with Gasteiger partial charge in [-0.1, -0.05) is 17.3 Å². The van der Waals surface area contributed by atoms with E-state index in [1.807, 2.05) is 30.5 Å². The summed E-state index contributed by atoms with van der Waals surface area (Å²) in [6.45, 7) is 0. The molecule has 106 valence electrons. The molecule has 0 spiro atoms. The molecule has 0 aliphatic carbocycles. The highest BCUT2D eigenvalue weighted by Gasteiger charge is 2.05. The van der Waals surface area contributed by atoms with E-state index in [0.29, 0.717) is 6.42 Å². The Balaban J connectivity index is 1.80. The van der Waals surface area contributed by atoms with E-state index in [1.54, 1.807) is 23.9 Å². The normalized spacial score (nSPS) is 10.6. The summed E-state index contributed by atoms with van der Waals surface area (Å²) in [5.41, 5.74) is 2.72. The van der Waals surface area contributed by atoms with E-state index in [9.17, 15) is 4.39 Å². The standard InChI is InChI=1S/C16H14FN3O/c1-21-16-4-2-3-12(10-16)9-14-11-20(19-18-14)15-7-5-13(17)6-8-15/h2-8,10-11H,9H2,1H3. The van der Waals surface area contributed by atoms with E-state index < -0.39 is 0 Å². The summed E-state index contributed by atoms with van der Waals surface area (Å²) in [5, 5.41) is 8.21. The van der Waals surface area contributed by atoms with Crippen molar-refractivity contribution in [2.75, 3.05) is 7.11 Å². The zero-order valence-corrected chi connectivity index (χ0v) is 11.5. The molecule has 0 fully saturated rings. The Bertz CT molecular complexity index is 737. The first-order valence-electron chi connectivity index (χ1n) is 6.55. The fourth-order valence-electron chi connectivity index (χ4n) is 2.09. The summed E-state index contributed by atoms with van der Waals surface area (Å²) in [6, 6.07) is 14.0. The van der Waals surface area contributed by atoms with Gasteiger partial charge >= 0.3 is 0 Å². The lowest BCUT2D eigenvalue weighted by Gasteiger charge is -2.02. The van der Waals surface area contributed by atoms with Gasteiger partial charge in [-0.05, 0) is 42.0 Å². The fraction of sp³-hybridized carbons (Fsp3) is 0.125. The van der Waals surface area contributed by atoms with Gasteiger partial charge in [-0.15, -0.1) is 5.10 Å². The zero-order chi connectivity index (χ0) is 14.7. The molecule has 2 aromatic carbocycles. The summed E-state index contributed by atoms with van der Waals surface area (Å²) in [5.74, 6) is 0.550. The lowest BCUT2D eigenvalue weighted by atomic mass is 10.1. The van der Waals surface area contributed by atoms with E-state index in [1.165, 1.54) is 12.1 Å². The first kappa shape index (κ1) is 13.3. The SMILES string of the molecule is COc1cccc(Cc2cn(-c3ccc(F)cc3)nn2)c1. The van der Waals surface area contributed by atoms with Crippen LogP contribution < -0.4 is 4.74 Å². The highest BCUT2D eigenvalue weighted by atomic mass is 19.1. The molecule has 1 heterocycles. The minimum atomic E-state index is -0.268. The number of ether oxygens (including phenoxy) is 1. The van der Waals surface area contributed by atoms with E-state index >= 15 is 0 Å². The molecule has 3 rings (SSSR count). The van der Waals surface area contributed by atoms with Crippen LogP contribution in [0, 0.1) is 5.82 Å². The van der Waals surface area contributed by atoms with Gasteiger partial charge in [-0.3, -0.25) is 0 Å². The van der Waals surface area contributed by atoms with Crippen molar-refractivity contribution in [1.82, 2.24) is 15.0 Å². The third kappa shape index (κ3) is 3.08. The minimum absolute atomic E-state index is 0.268. The second-order valence-corrected chi connectivity index (χ2v) is 4.66. The van der Waals surface area contributed by atoms with Crippen molar-refractivity contribution in [2.45, 2.75) is 6.42 Å². The van der Waals surface area contributed by atoms with Gasteiger partial charge in [0.15, 0.2) is 0 Å². The minimum Gasteiger partial charge on any atom is -0.497 e. The molecule has 0 saturated heterocycles. The van der Waals surface area contributed by atoms with E-state index in [-0.39, 0.29) is 5.82 Å². The van der Waals surface area contributed by atoms with E-state index in [2.05, 4.69) is 10.3 Å². The average molecular weight is 283 g/mol. The maximum absolute atomic E-state index is 12.9. The molecule has 4 nitrogen and oxygen atoms in total. The Morgan fingerprint density at radius 1 is 1.14 bits per heavy atom. The molecule has 0 N–H and O–H groups in total. The number of aromatic nitrogens is 3. The molecule has 0 radical (unpaired) electrons. The number of benzene rings is 2. The quantitative estimate of drug-likeness (QED) is 0.739. The third-order valence-electron chi connectivity index (χ3n) is 3.15. The Hall–Kier alpha value is -2.69. The van der Waals surface area contributed by atoms with Crippen molar-refractivity contribution in [3.05, 3.63) is 71.8 Å². The maximum atomic E-state index is 12.9. The van der Waals surface area contributed by atoms with Crippen LogP contribution in [0.1, 0.15) is 11.3 Å². The Kier molecular flexibility index (Phi) is 3.64. The van der Waals surface area contributed by atoms with Gasteiger partial charge in [0, 0.05) is 6.42 Å². The molecule has 1 aromatic heterocycles. The van der Waals surface area contributed by atoms with Crippen molar-refractivity contribution in [3.8, 4) is 11.4 Å². The van der Waals surface area contributed by atoms with Gasteiger partial charge in [-0.25, -0.2) is 9.07 Å². The lowest BCUT2D eigenvalue weighted by Crippen LogP contribution is -1.94. The number of methoxy groups -OCH3 is 1. The van der Waals surface area contributed by atoms with Crippen LogP contribution in [-0.2, 0) is 6.42 Å². The topological polar surface area (TPSA) is 39.9 Å². The molecule has 0 aliphatic heterocycles. The van der Waals surface area contributed by atoms with Crippen LogP contribution >= 0.6 is 0 Å². The van der Waals surface area contributed by atoms with Crippen molar-refractivity contribution >= 4 is 0 Å². The van der Waals surface area contributed by atoms with Crippen LogP contribution in [0.3, 0.4) is 0 Å². The van der Waals surface area contributed by atoms with Crippen LogP contribution in [0.5, 0.6) is 5.75 Å². The number of halogens is 1. The Morgan fingerprint density at radius 2 is 1.95 bits per heavy atom. The predicted octanol–water partition coefficient (Wildman–Crippen LogP) is 3.01. The van der Waals surface area contributed by atoms with Gasteiger partial charge in [0.1, 0.15) is 11.6 Å². The first-order chi connectivity index (χ1) is 10.2. The molecule has 3 aromatic rings. The molecular formula is C16H14FN3O. The third-order valence-corrected chi connectivity index (χ3v) is 3.15. The molecule has 0 aliphatic rings. The van der Waals surface area contributed by atoms with Crippen molar-refractivity contribution in [1.29, 1.82) is 0 Å². The van der Waals surface area contributed by atoms with Crippen LogP contribution in [0.25, 0.3) is 5.69 Å². The van der Waals surface area contributed by atoms with Crippen LogP contribution in [0.2, 0.25) is 0 Å². The Morgan fingerprint density at radius 3 is 2.71 bits per heavy atom. The fourth-order valence-corrected chi connectivity index (χ4v) is 2.09. The Labute approximate surface area is 121 Å². The van der Waals surface area contributed by atoms with Gasteiger partial charge in [0.2, 0.25) is 0 Å². The summed E-state index contributed by atoms with van der Waals surface area (Å²) < 4.78 is 19.7. The van der Waals surface area contributed by atoms with Gasteiger partial charge < -0.3 is 4.74 Å². The smallest absolute Gasteiger partial charge is 0.123 e. The van der Waals surface area contributed by atoms with Crippen LogP contribution in [0.15, 0.2) is 54.7 Å². The summed E-state index contributed by atoms with van der Waals surface area (Å²) in [4.78, 5) is 0. The molecular weight excluding hydrogens is 269 g/mol. The van der Waals surface area contributed by atoms with Gasteiger partial charge in [0.25, 0.3) is 0 Å². The molecule has 0 bridgehead atoms. The molecule has 0 saturated carbocycles. The van der Waals surface area contributed by atoms with E-state index in [0.717, 1.165) is 22.7 Å². The second-order valence-electron chi connectivity index (χ2n) is 4.66. The monoisotopic (exact) mass is 283 g/mol. The maximum Gasteiger partial charge on any atom is 0.123 e. The average Bonchev–Trinajstić information content (AvgIpc) is 2.96. The first-order valence-corrected chi connectivity index (χ1v) is 6.55. The molecule has 5 heteroatoms. The van der Waals surface area contributed by atoms with Crippen molar-refractivity contribution in [3.63, 3.8) is 0 Å². The molecule has 0 amide bonds. The van der Waals surface area contributed by atoms with Crippen molar-refractivity contribution in [2.24, 2.45) is 0 Å². The largest absolute Gasteiger partial charge is 0.497 e. The summed E-state index contributed by atoms with van der Waals surface area (Å²) in [6.07, 6.45) is 2.51. The summed E-state index contributed by atoms with van der Waals surface area (Å²) in [7, 11) is 1.64. The second kappa shape index (κ2) is 5.75. The number of nitrogens with zero attached hydrogens (tertiary/aromatic N) is 3. The highest BCUT2D eigenvalue weighted by Crippen LogP contribution is 2.16. The molecule has 21 heavy (non-hydrogen) atoms. The summed E-state index contributed by atoms with van der Waals surface area (Å²) >= 11 is 0. The zero-order valence-electron chi connectivity index (χ0n) is 11.5. The van der Waals surface area contributed by atoms with Crippen LogP contribution in [-0.4, -0.2) is 22.1 Å². The number of hydrogen-bond donors (Lipinski definition) is 0. The van der Waals surface area contributed by atoms with Gasteiger partial charge in [-0.2, -0.15) is 0 Å². The number of rotatable bonds is 4. The lowest BCUT2D eigenvalue weighted by molar-refractivity contribution is 0.414. The molecule has 0 unspecified atom stereocenters. The molecule has 0 atom stereocenters. The van der Waals surface area contributed by atoms with Gasteiger partial charge in [0.05, 0.1) is 24.7 Å². The predicted molar refractivity (Wildman–Crippen MR) is 77.1 cm³/mol. The number of hydrogen-bond acceptors (Lipinski definition) is 3. The van der Waals surface area contributed by atoms with E-state index in [4.69, 9.17) is 4.74 Å². The highest BCUT2D eigenvalue weighted by molar-refractivity contribution is 5.33. The van der Waals surface area contributed by atoms with Crippen LogP contribution in [0.4, 0.5) is 4.39 Å². The van der Waals surface area contributed by atoms with Crippen molar-refractivity contribution < 1.29 is 9.13 Å².